The Labute approximate surface area is 80.4 Å². The second-order valence-corrected chi connectivity index (χ2v) is 4.75. The van der Waals surface area contributed by atoms with E-state index in [1.165, 1.54) is 24.0 Å². The van der Waals surface area contributed by atoms with E-state index >= 15 is 0 Å². The first-order valence-electron chi connectivity index (χ1n) is 4.95. The first-order chi connectivity index (χ1) is 6.07. The van der Waals surface area contributed by atoms with Crippen molar-refractivity contribution in [1.82, 2.24) is 4.90 Å². The van der Waals surface area contributed by atoms with Gasteiger partial charge in [0.15, 0.2) is 0 Å². The number of rotatable bonds is 0. The number of hydrogen-bond donors (Lipinski definition) is 0. The lowest BCUT2D eigenvalue weighted by atomic mass is 10.0. The van der Waals surface area contributed by atoms with Crippen LogP contribution in [0.4, 0.5) is 0 Å². The molecule has 2 aliphatic rings. The van der Waals surface area contributed by atoms with Gasteiger partial charge in [0.1, 0.15) is 0 Å². The maximum absolute atomic E-state index is 2.32. The normalized spacial score (nSPS) is 21.3. The van der Waals surface area contributed by atoms with Crippen LogP contribution >= 0.6 is 0 Å². The Morgan fingerprint density at radius 1 is 1.31 bits per heavy atom. The van der Waals surface area contributed by atoms with Crippen molar-refractivity contribution in [2.45, 2.75) is 39.2 Å². The lowest BCUT2D eigenvalue weighted by Gasteiger charge is -2.34. The maximum Gasteiger partial charge on any atom is 0.0355 e. The summed E-state index contributed by atoms with van der Waals surface area (Å²) >= 11 is 0. The zero-order valence-corrected chi connectivity index (χ0v) is 8.67. The van der Waals surface area contributed by atoms with Crippen LogP contribution in [-0.4, -0.2) is 10.4 Å². The number of nitrogens with zero attached hydrogens (tertiary/aromatic N) is 1. The van der Waals surface area contributed by atoms with Crippen molar-refractivity contribution < 1.29 is 0 Å². The molecule has 1 heterocycles. The molecule has 0 spiro atoms. The molecule has 0 aromatic carbocycles. The third-order valence-corrected chi connectivity index (χ3v) is 2.63. The average molecular weight is 175 g/mol. The topological polar surface area (TPSA) is 3.24 Å². The van der Waals surface area contributed by atoms with Crippen LogP contribution in [-0.2, 0) is 0 Å². The van der Waals surface area contributed by atoms with Gasteiger partial charge in [0.25, 0.3) is 0 Å². The molecule has 0 fully saturated rings. The van der Waals surface area contributed by atoms with Crippen LogP contribution in [0.3, 0.4) is 0 Å². The Bertz CT molecular complexity index is 300. The third-order valence-electron chi connectivity index (χ3n) is 2.63. The summed E-state index contributed by atoms with van der Waals surface area (Å²) in [5.74, 6) is 0. The van der Waals surface area contributed by atoms with Crippen molar-refractivity contribution in [2.24, 2.45) is 0 Å². The molecule has 0 N–H and O–H groups in total. The Morgan fingerprint density at radius 3 is 2.77 bits per heavy atom. The van der Waals surface area contributed by atoms with Crippen molar-refractivity contribution in [1.29, 1.82) is 0 Å². The summed E-state index contributed by atoms with van der Waals surface area (Å²) in [6, 6.07) is 0. The number of fused-ring (bicyclic) bond motifs is 1. The molecule has 1 heteroatoms. The quantitative estimate of drug-likeness (QED) is 0.546. The zero-order chi connectivity index (χ0) is 9.47. The minimum atomic E-state index is 0.206. The minimum Gasteiger partial charge on any atom is -0.349 e. The molecule has 0 saturated heterocycles. The molecule has 1 aliphatic heterocycles. The van der Waals surface area contributed by atoms with Crippen LogP contribution < -0.4 is 0 Å². The van der Waals surface area contributed by atoms with Crippen molar-refractivity contribution in [2.75, 3.05) is 0 Å². The summed E-state index contributed by atoms with van der Waals surface area (Å²) in [6.45, 7) is 6.70. The molecule has 0 radical (unpaired) electrons. The number of hydrogen-bond acceptors (Lipinski definition) is 1. The summed E-state index contributed by atoms with van der Waals surface area (Å²) in [4.78, 5) is 2.30. The van der Waals surface area contributed by atoms with Crippen molar-refractivity contribution in [3.63, 3.8) is 0 Å². The van der Waals surface area contributed by atoms with Gasteiger partial charge in [-0.25, -0.2) is 0 Å². The van der Waals surface area contributed by atoms with E-state index in [1.807, 2.05) is 0 Å². The maximum atomic E-state index is 2.32. The van der Waals surface area contributed by atoms with Gasteiger partial charge in [-0.05, 0) is 50.8 Å². The largest absolute Gasteiger partial charge is 0.349 e. The van der Waals surface area contributed by atoms with E-state index in [2.05, 4.69) is 50.2 Å². The molecule has 0 bridgehead atoms. The van der Waals surface area contributed by atoms with Crippen molar-refractivity contribution >= 4 is 0 Å². The van der Waals surface area contributed by atoms with Crippen LogP contribution in [0.15, 0.2) is 35.7 Å². The molecule has 0 amide bonds. The highest BCUT2D eigenvalue weighted by Gasteiger charge is 2.21. The molecule has 0 aromatic heterocycles. The van der Waals surface area contributed by atoms with Crippen molar-refractivity contribution in [3.8, 4) is 0 Å². The summed E-state index contributed by atoms with van der Waals surface area (Å²) in [7, 11) is 0. The standard InChI is InChI=1S/C12H17N/c1-12(2,3)13-8-7-10-5-4-6-11(10)9-13/h5,7-9H,4,6H2,1-3H3. The molecular formula is C12H17N. The molecular weight excluding hydrogens is 158 g/mol. The van der Waals surface area contributed by atoms with E-state index in [9.17, 15) is 0 Å². The van der Waals surface area contributed by atoms with Crippen LogP contribution in [0, 0.1) is 0 Å². The monoisotopic (exact) mass is 175 g/mol. The molecule has 0 saturated carbocycles. The van der Waals surface area contributed by atoms with Crippen molar-refractivity contribution in [3.05, 3.63) is 35.7 Å². The Morgan fingerprint density at radius 2 is 2.08 bits per heavy atom. The van der Waals surface area contributed by atoms with E-state index < -0.39 is 0 Å². The average Bonchev–Trinajstić information content (AvgIpc) is 2.47. The van der Waals surface area contributed by atoms with Gasteiger partial charge in [0.2, 0.25) is 0 Å². The van der Waals surface area contributed by atoms with Gasteiger partial charge < -0.3 is 4.90 Å². The molecule has 0 aromatic rings. The van der Waals surface area contributed by atoms with Crippen LogP contribution in [0.5, 0.6) is 0 Å². The molecule has 70 valence electrons. The van der Waals surface area contributed by atoms with E-state index in [0.29, 0.717) is 0 Å². The van der Waals surface area contributed by atoms with Gasteiger partial charge in [-0.3, -0.25) is 0 Å². The molecule has 1 aliphatic carbocycles. The minimum absolute atomic E-state index is 0.206. The Hall–Kier alpha value is -0.980. The Kier molecular flexibility index (Phi) is 1.83. The molecule has 1 nitrogen and oxygen atoms in total. The summed E-state index contributed by atoms with van der Waals surface area (Å²) in [6.07, 6.45) is 11.4. The SMILES string of the molecule is CC(C)(C)N1C=CC2=CCCC2=C1. The van der Waals surface area contributed by atoms with Gasteiger partial charge in [-0.15, -0.1) is 0 Å². The number of allylic oxidation sites excluding steroid dienone is 4. The smallest absolute Gasteiger partial charge is 0.0355 e. The van der Waals surface area contributed by atoms with E-state index in [-0.39, 0.29) is 5.54 Å². The second kappa shape index (κ2) is 2.76. The highest BCUT2D eigenvalue weighted by atomic mass is 15.2. The summed E-state index contributed by atoms with van der Waals surface area (Å²) < 4.78 is 0. The highest BCUT2D eigenvalue weighted by molar-refractivity contribution is 5.46. The molecule has 0 atom stereocenters. The van der Waals surface area contributed by atoms with E-state index in [4.69, 9.17) is 0 Å². The predicted octanol–water partition coefficient (Wildman–Crippen LogP) is 3.22. The lowest BCUT2D eigenvalue weighted by molar-refractivity contribution is 0.277. The van der Waals surface area contributed by atoms with E-state index in [1.54, 1.807) is 0 Å². The second-order valence-electron chi connectivity index (χ2n) is 4.75. The zero-order valence-electron chi connectivity index (χ0n) is 8.67. The third kappa shape index (κ3) is 1.55. The van der Waals surface area contributed by atoms with Gasteiger partial charge in [-0.1, -0.05) is 6.08 Å². The van der Waals surface area contributed by atoms with Gasteiger partial charge in [0.05, 0.1) is 0 Å². The summed E-state index contributed by atoms with van der Waals surface area (Å²) in [5, 5.41) is 0. The molecule has 2 rings (SSSR count). The highest BCUT2D eigenvalue weighted by Crippen LogP contribution is 2.31. The van der Waals surface area contributed by atoms with Crippen LogP contribution in [0.25, 0.3) is 0 Å². The Balaban J connectivity index is 2.26. The fraction of sp³-hybridized carbons (Fsp3) is 0.500. The van der Waals surface area contributed by atoms with Gasteiger partial charge in [0, 0.05) is 17.9 Å². The van der Waals surface area contributed by atoms with E-state index in [0.717, 1.165) is 0 Å². The van der Waals surface area contributed by atoms with Gasteiger partial charge >= 0.3 is 0 Å². The molecule has 0 unspecified atom stereocenters. The summed E-state index contributed by atoms with van der Waals surface area (Å²) in [5.41, 5.74) is 3.13. The van der Waals surface area contributed by atoms with Gasteiger partial charge in [-0.2, -0.15) is 0 Å². The van der Waals surface area contributed by atoms with Crippen LogP contribution in [0.1, 0.15) is 33.6 Å². The fourth-order valence-electron chi connectivity index (χ4n) is 1.76. The molecule has 13 heavy (non-hydrogen) atoms. The van der Waals surface area contributed by atoms with Crippen LogP contribution in [0.2, 0.25) is 0 Å². The first kappa shape index (κ1) is 8.61. The fourth-order valence-corrected chi connectivity index (χ4v) is 1.76. The first-order valence-corrected chi connectivity index (χ1v) is 4.95. The predicted molar refractivity (Wildman–Crippen MR) is 56.1 cm³/mol. The lowest BCUT2D eigenvalue weighted by Crippen LogP contribution is -2.34.